The maximum Gasteiger partial charge on any atom is 0.202 e. The van der Waals surface area contributed by atoms with Gasteiger partial charge in [-0.15, -0.1) is 0 Å². The molecule has 2 rings (SSSR count). The number of rotatable bonds is 3. The number of ether oxygens (including phenoxy) is 1. The van der Waals surface area contributed by atoms with Gasteiger partial charge in [-0.1, -0.05) is 25.1 Å². The van der Waals surface area contributed by atoms with Crippen molar-refractivity contribution in [3.63, 3.8) is 0 Å². The Morgan fingerprint density at radius 3 is 2.87 bits per heavy atom. The molecular weight excluding hydrogens is 190 g/mol. The maximum absolute atomic E-state index is 11.0. The van der Waals surface area contributed by atoms with E-state index in [1.54, 1.807) is 7.11 Å². The van der Waals surface area contributed by atoms with Gasteiger partial charge in [-0.05, 0) is 12.0 Å². The smallest absolute Gasteiger partial charge is 0.202 e. The Labute approximate surface area is 88.1 Å². The third kappa shape index (κ3) is 1.40. The standard InChI is InChI=1S/C12H13NO2/c1-3-8-5-4-6-9-10(7-14)12(15-2)13-11(8)9/h4-7,13H,3H2,1-2H3. The van der Waals surface area contributed by atoms with E-state index in [1.165, 1.54) is 5.56 Å². The fourth-order valence-electron chi connectivity index (χ4n) is 1.85. The van der Waals surface area contributed by atoms with Crippen LogP contribution in [0.25, 0.3) is 10.9 Å². The maximum atomic E-state index is 11.0. The number of benzene rings is 1. The fourth-order valence-corrected chi connectivity index (χ4v) is 1.85. The first-order valence-electron chi connectivity index (χ1n) is 4.94. The molecule has 0 aliphatic carbocycles. The van der Waals surface area contributed by atoms with E-state index in [2.05, 4.69) is 11.9 Å². The van der Waals surface area contributed by atoms with Crippen molar-refractivity contribution in [1.82, 2.24) is 4.98 Å². The first-order chi connectivity index (χ1) is 7.31. The van der Waals surface area contributed by atoms with Gasteiger partial charge in [-0.3, -0.25) is 4.79 Å². The number of aromatic amines is 1. The summed E-state index contributed by atoms with van der Waals surface area (Å²) in [7, 11) is 1.56. The first kappa shape index (κ1) is 9.77. The van der Waals surface area contributed by atoms with Crippen LogP contribution in [0, 0.1) is 0 Å². The highest BCUT2D eigenvalue weighted by molar-refractivity contribution is 6.01. The summed E-state index contributed by atoms with van der Waals surface area (Å²) in [5.74, 6) is 0.543. The molecule has 0 fully saturated rings. The van der Waals surface area contributed by atoms with Gasteiger partial charge in [0.25, 0.3) is 0 Å². The number of aryl methyl sites for hydroxylation is 1. The van der Waals surface area contributed by atoms with Gasteiger partial charge in [0.05, 0.1) is 18.2 Å². The number of aromatic nitrogens is 1. The van der Waals surface area contributed by atoms with Crippen LogP contribution in [0.4, 0.5) is 0 Å². The Bertz CT molecular complexity index is 500. The molecule has 0 aliphatic heterocycles. The number of aldehydes is 1. The third-order valence-corrected chi connectivity index (χ3v) is 2.63. The van der Waals surface area contributed by atoms with Gasteiger partial charge in [0.1, 0.15) is 0 Å². The van der Waals surface area contributed by atoms with Crippen molar-refractivity contribution in [1.29, 1.82) is 0 Å². The van der Waals surface area contributed by atoms with Crippen LogP contribution in [0.15, 0.2) is 18.2 Å². The number of nitrogens with one attached hydrogen (secondary N) is 1. The van der Waals surface area contributed by atoms with E-state index in [0.717, 1.165) is 23.6 Å². The van der Waals surface area contributed by atoms with Gasteiger partial charge in [0.2, 0.25) is 5.88 Å². The molecule has 0 saturated heterocycles. The van der Waals surface area contributed by atoms with Crippen molar-refractivity contribution in [3.8, 4) is 5.88 Å². The summed E-state index contributed by atoms with van der Waals surface area (Å²) in [6.45, 7) is 2.09. The van der Waals surface area contributed by atoms with E-state index in [1.807, 2.05) is 18.2 Å². The van der Waals surface area contributed by atoms with E-state index < -0.39 is 0 Å². The fraction of sp³-hybridized carbons (Fsp3) is 0.250. The summed E-state index contributed by atoms with van der Waals surface area (Å²) in [5, 5.41) is 0.932. The summed E-state index contributed by atoms with van der Waals surface area (Å²) in [5.41, 5.74) is 2.79. The Balaban J connectivity index is 2.80. The minimum atomic E-state index is 0.543. The van der Waals surface area contributed by atoms with Crippen LogP contribution in [0.5, 0.6) is 5.88 Å². The molecule has 0 spiro atoms. The SMILES string of the molecule is CCc1cccc2c(C=O)c(OC)[nH]c12. The van der Waals surface area contributed by atoms with Crippen LogP contribution in [0.1, 0.15) is 22.8 Å². The molecule has 0 radical (unpaired) electrons. The minimum absolute atomic E-state index is 0.543. The molecule has 1 aromatic carbocycles. The normalized spacial score (nSPS) is 10.5. The van der Waals surface area contributed by atoms with Crippen LogP contribution < -0.4 is 4.74 Å². The average Bonchev–Trinajstić information content (AvgIpc) is 2.66. The lowest BCUT2D eigenvalue weighted by molar-refractivity contribution is 0.112. The Hall–Kier alpha value is -1.77. The van der Waals surface area contributed by atoms with Gasteiger partial charge in [-0.25, -0.2) is 0 Å². The molecule has 1 heterocycles. The predicted molar refractivity (Wildman–Crippen MR) is 59.6 cm³/mol. The second kappa shape index (κ2) is 3.77. The molecule has 1 N–H and O–H groups in total. The van der Waals surface area contributed by atoms with Crippen molar-refractivity contribution < 1.29 is 9.53 Å². The number of para-hydroxylation sites is 1. The highest BCUT2D eigenvalue weighted by atomic mass is 16.5. The lowest BCUT2D eigenvalue weighted by atomic mass is 10.1. The molecule has 15 heavy (non-hydrogen) atoms. The number of hydrogen-bond acceptors (Lipinski definition) is 2. The van der Waals surface area contributed by atoms with E-state index in [-0.39, 0.29) is 0 Å². The number of carbonyl (C=O) groups excluding carboxylic acids is 1. The van der Waals surface area contributed by atoms with Gasteiger partial charge in [0.15, 0.2) is 6.29 Å². The highest BCUT2D eigenvalue weighted by Gasteiger charge is 2.12. The highest BCUT2D eigenvalue weighted by Crippen LogP contribution is 2.28. The summed E-state index contributed by atoms with van der Waals surface area (Å²) in [6.07, 6.45) is 1.76. The Morgan fingerprint density at radius 2 is 2.27 bits per heavy atom. The monoisotopic (exact) mass is 203 g/mol. The molecule has 0 unspecified atom stereocenters. The largest absolute Gasteiger partial charge is 0.482 e. The van der Waals surface area contributed by atoms with Gasteiger partial charge >= 0.3 is 0 Å². The predicted octanol–water partition coefficient (Wildman–Crippen LogP) is 2.55. The second-order valence-corrected chi connectivity index (χ2v) is 3.38. The van der Waals surface area contributed by atoms with Crippen LogP contribution in [0.3, 0.4) is 0 Å². The first-order valence-corrected chi connectivity index (χ1v) is 4.94. The molecule has 0 amide bonds. The molecule has 3 heteroatoms. The zero-order chi connectivity index (χ0) is 10.8. The van der Waals surface area contributed by atoms with Crippen molar-refractivity contribution in [2.75, 3.05) is 7.11 Å². The van der Waals surface area contributed by atoms with Crippen molar-refractivity contribution >= 4 is 17.2 Å². The molecule has 0 bridgehead atoms. The lowest BCUT2D eigenvalue weighted by Crippen LogP contribution is -1.86. The topological polar surface area (TPSA) is 42.1 Å². The average molecular weight is 203 g/mol. The van der Waals surface area contributed by atoms with Gasteiger partial charge < -0.3 is 9.72 Å². The van der Waals surface area contributed by atoms with E-state index >= 15 is 0 Å². The Kier molecular flexibility index (Phi) is 2.46. The number of fused-ring (bicyclic) bond motifs is 1. The van der Waals surface area contributed by atoms with Crippen molar-refractivity contribution in [2.45, 2.75) is 13.3 Å². The zero-order valence-corrected chi connectivity index (χ0v) is 8.83. The summed E-state index contributed by atoms with van der Waals surface area (Å²) in [4.78, 5) is 14.1. The van der Waals surface area contributed by atoms with E-state index in [9.17, 15) is 4.79 Å². The van der Waals surface area contributed by atoms with Crippen LogP contribution in [0.2, 0.25) is 0 Å². The van der Waals surface area contributed by atoms with Crippen LogP contribution in [-0.2, 0) is 6.42 Å². The molecule has 78 valence electrons. The van der Waals surface area contributed by atoms with Crippen molar-refractivity contribution in [2.24, 2.45) is 0 Å². The second-order valence-electron chi connectivity index (χ2n) is 3.38. The number of carbonyl (C=O) groups is 1. The Morgan fingerprint density at radius 1 is 1.47 bits per heavy atom. The zero-order valence-electron chi connectivity index (χ0n) is 8.83. The van der Waals surface area contributed by atoms with Gasteiger partial charge in [0, 0.05) is 5.39 Å². The van der Waals surface area contributed by atoms with Gasteiger partial charge in [-0.2, -0.15) is 0 Å². The molecular formula is C12H13NO2. The lowest BCUT2D eigenvalue weighted by Gasteiger charge is -1.97. The van der Waals surface area contributed by atoms with Crippen molar-refractivity contribution in [3.05, 3.63) is 29.3 Å². The number of hydrogen-bond donors (Lipinski definition) is 1. The molecule has 1 aromatic heterocycles. The van der Waals surface area contributed by atoms with E-state index in [0.29, 0.717) is 11.4 Å². The van der Waals surface area contributed by atoms with Crippen LogP contribution >= 0.6 is 0 Å². The molecule has 0 atom stereocenters. The quantitative estimate of drug-likeness (QED) is 0.779. The molecule has 2 aromatic rings. The minimum Gasteiger partial charge on any atom is -0.482 e. The third-order valence-electron chi connectivity index (χ3n) is 2.63. The summed E-state index contributed by atoms with van der Waals surface area (Å²) >= 11 is 0. The summed E-state index contributed by atoms with van der Waals surface area (Å²) < 4.78 is 5.13. The van der Waals surface area contributed by atoms with E-state index in [4.69, 9.17) is 4.74 Å². The summed E-state index contributed by atoms with van der Waals surface area (Å²) in [6, 6.07) is 5.94. The van der Waals surface area contributed by atoms with Crippen LogP contribution in [-0.4, -0.2) is 18.4 Å². The molecule has 0 aliphatic rings. The number of methoxy groups -OCH3 is 1. The number of H-pyrrole nitrogens is 1. The molecule has 0 saturated carbocycles. The molecule has 3 nitrogen and oxygen atoms in total.